The van der Waals surface area contributed by atoms with E-state index in [9.17, 15) is 5.21 Å². The summed E-state index contributed by atoms with van der Waals surface area (Å²) in [6.07, 6.45) is 6.03. The predicted molar refractivity (Wildman–Crippen MR) is 114 cm³/mol. The molecule has 0 radical (unpaired) electrons. The number of likely N-dealkylation sites (tertiary alicyclic amines) is 1. The van der Waals surface area contributed by atoms with Crippen molar-refractivity contribution >= 4 is 11.7 Å². The number of piperidine rings is 1. The number of aromatic nitrogens is 2. The van der Waals surface area contributed by atoms with E-state index in [1.807, 2.05) is 24.3 Å². The topological polar surface area (TPSA) is 101 Å². The molecule has 3 N–H and O–H groups in total. The van der Waals surface area contributed by atoms with Crippen molar-refractivity contribution in [2.45, 2.75) is 38.1 Å². The first-order chi connectivity index (χ1) is 14.7. The van der Waals surface area contributed by atoms with E-state index in [2.05, 4.69) is 32.2 Å². The zero-order valence-corrected chi connectivity index (χ0v) is 16.8. The minimum absolute atomic E-state index is 0.0390. The molecule has 30 heavy (non-hydrogen) atoms. The van der Waals surface area contributed by atoms with Gasteiger partial charge in [0.05, 0.1) is 12.3 Å². The molecule has 2 aromatic heterocycles. The number of nitrogen functional groups attached to an aromatic ring is 1. The maximum Gasteiger partial charge on any atom is 0.220 e. The number of nitrogens with zero attached hydrogens (tertiary/aromatic N) is 4. The average molecular weight is 403 g/mol. The first-order valence-electron chi connectivity index (χ1n) is 10.5. The zero-order valence-electron chi connectivity index (χ0n) is 16.8. The molecule has 0 bridgehead atoms. The third-order valence-electron chi connectivity index (χ3n) is 6.09. The molecule has 3 heterocycles. The molecule has 154 valence electrons. The van der Waals surface area contributed by atoms with E-state index in [1.54, 1.807) is 6.20 Å². The number of hydrogen-bond acceptors (Lipinski definition) is 7. The normalized spacial score (nSPS) is 20.5. The Morgan fingerprint density at radius 2 is 1.97 bits per heavy atom. The third kappa shape index (κ3) is 3.45. The fourth-order valence-corrected chi connectivity index (χ4v) is 4.68. The van der Waals surface area contributed by atoms with Crippen LogP contribution in [-0.4, -0.2) is 38.9 Å². The van der Waals surface area contributed by atoms with Gasteiger partial charge in [-0.05, 0) is 43.6 Å². The minimum Gasteiger partial charge on any atom is -0.458 e. The molecule has 1 aromatic carbocycles. The number of anilines is 1. The van der Waals surface area contributed by atoms with Crippen LogP contribution in [0, 0.1) is 0 Å². The lowest BCUT2D eigenvalue weighted by Crippen LogP contribution is -2.28. The molecule has 7 heteroatoms. The number of oxime groups is 1. The summed E-state index contributed by atoms with van der Waals surface area (Å²) in [5.41, 5.74) is 10.4. The maximum absolute atomic E-state index is 9.54. The molecule has 0 spiro atoms. The first-order valence-corrected chi connectivity index (χ1v) is 10.5. The number of benzene rings is 1. The monoisotopic (exact) mass is 403 g/mol. The molecule has 3 aromatic rings. The molecule has 1 atom stereocenters. The van der Waals surface area contributed by atoms with Gasteiger partial charge in [-0.2, -0.15) is 0 Å². The van der Waals surface area contributed by atoms with E-state index in [4.69, 9.17) is 10.2 Å². The van der Waals surface area contributed by atoms with Crippen LogP contribution in [0.3, 0.4) is 0 Å². The number of hydrogen-bond donors (Lipinski definition) is 2. The van der Waals surface area contributed by atoms with E-state index in [-0.39, 0.29) is 11.9 Å². The largest absolute Gasteiger partial charge is 0.458 e. The van der Waals surface area contributed by atoms with Crippen molar-refractivity contribution in [2.75, 3.05) is 18.8 Å². The van der Waals surface area contributed by atoms with Crippen LogP contribution in [0.1, 0.15) is 54.1 Å². The van der Waals surface area contributed by atoms with Gasteiger partial charge in [0.1, 0.15) is 11.5 Å². The lowest BCUT2D eigenvalue weighted by Gasteiger charge is -2.25. The molecular formula is C23H25N5O2. The SMILES string of the molecule is Nc1nccc(-c2oc(CN3CCCCC3)cc2C2C/C(=N/O)c3ccccc32)n1. The van der Waals surface area contributed by atoms with Crippen LogP contribution in [0.4, 0.5) is 5.95 Å². The number of furan rings is 1. The lowest BCUT2D eigenvalue weighted by molar-refractivity contribution is 0.206. The summed E-state index contributed by atoms with van der Waals surface area (Å²) in [7, 11) is 0. The second-order valence-corrected chi connectivity index (χ2v) is 8.02. The molecule has 1 fully saturated rings. The van der Waals surface area contributed by atoms with E-state index in [0.717, 1.165) is 47.8 Å². The van der Waals surface area contributed by atoms with Crippen molar-refractivity contribution in [3.05, 3.63) is 65.0 Å². The standard InChI is InChI=1S/C23H25N5O2/c24-23-25-9-8-20(26-23)22-19(12-15(30-22)14-28-10-4-1-5-11-28)18-13-21(27-29)17-7-3-2-6-16(17)18/h2-3,6-9,12,18,29H,1,4-5,10-11,13-14H2,(H2,24,25,26)/b27-21-. The highest BCUT2D eigenvalue weighted by Gasteiger charge is 2.33. The molecule has 1 aliphatic carbocycles. The van der Waals surface area contributed by atoms with Gasteiger partial charge in [0, 0.05) is 29.7 Å². The molecule has 7 nitrogen and oxygen atoms in total. The number of rotatable bonds is 4. The predicted octanol–water partition coefficient (Wildman–Crippen LogP) is 4.02. The summed E-state index contributed by atoms with van der Waals surface area (Å²) >= 11 is 0. The Balaban J connectivity index is 1.58. The first kappa shape index (κ1) is 18.8. The van der Waals surface area contributed by atoms with Crippen LogP contribution in [0.2, 0.25) is 0 Å². The van der Waals surface area contributed by atoms with Crippen molar-refractivity contribution < 1.29 is 9.62 Å². The smallest absolute Gasteiger partial charge is 0.220 e. The highest BCUT2D eigenvalue weighted by Crippen LogP contribution is 2.43. The lowest BCUT2D eigenvalue weighted by atomic mass is 9.92. The van der Waals surface area contributed by atoms with Crippen LogP contribution in [0.15, 0.2) is 52.2 Å². The van der Waals surface area contributed by atoms with Crippen LogP contribution in [0.25, 0.3) is 11.5 Å². The Morgan fingerprint density at radius 3 is 2.77 bits per heavy atom. The van der Waals surface area contributed by atoms with E-state index in [0.29, 0.717) is 17.8 Å². The van der Waals surface area contributed by atoms with E-state index >= 15 is 0 Å². The van der Waals surface area contributed by atoms with E-state index < -0.39 is 0 Å². The number of nitrogens with two attached hydrogens (primary N) is 1. The zero-order chi connectivity index (χ0) is 20.5. The fraction of sp³-hybridized carbons (Fsp3) is 0.348. The maximum atomic E-state index is 9.54. The summed E-state index contributed by atoms with van der Waals surface area (Å²) in [5.74, 6) is 1.90. The quantitative estimate of drug-likeness (QED) is 0.504. The van der Waals surface area contributed by atoms with Crippen molar-refractivity contribution in [3.8, 4) is 11.5 Å². The van der Waals surface area contributed by atoms with Crippen molar-refractivity contribution in [1.82, 2.24) is 14.9 Å². The van der Waals surface area contributed by atoms with Gasteiger partial charge in [-0.15, -0.1) is 0 Å². The molecule has 0 saturated carbocycles. The third-order valence-corrected chi connectivity index (χ3v) is 6.09. The molecule has 1 unspecified atom stereocenters. The molecular weight excluding hydrogens is 378 g/mol. The van der Waals surface area contributed by atoms with Gasteiger partial charge in [0.25, 0.3) is 0 Å². The molecule has 1 aliphatic heterocycles. The van der Waals surface area contributed by atoms with Gasteiger partial charge in [-0.3, -0.25) is 4.90 Å². The van der Waals surface area contributed by atoms with Crippen LogP contribution in [0.5, 0.6) is 0 Å². The second kappa shape index (κ2) is 7.91. The van der Waals surface area contributed by atoms with Crippen LogP contribution < -0.4 is 5.73 Å². The van der Waals surface area contributed by atoms with Crippen LogP contribution in [-0.2, 0) is 6.54 Å². The Kier molecular flexibility index (Phi) is 4.96. The van der Waals surface area contributed by atoms with Gasteiger partial charge < -0.3 is 15.4 Å². The summed E-state index contributed by atoms with van der Waals surface area (Å²) in [5, 5.41) is 13.1. The highest BCUT2D eigenvalue weighted by molar-refractivity contribution is 6.05. The molecule has 1 saturated heterocycles. The average Bonchev–Trinajstić information content (AvgIpc) is 3.36. The second-order valence-electron chi connectivity index (χ2n) is 8.02. The molecule has 5 rings (SSSR count). The summed E-state index contributed by atoms with van der Waals surface area (Å²) < 4.78 is 6.37. The highest BCUT2D eigenvalue weighted by atomic mass is 16.4. The van der Waals surface area contributed by atoms with Crippen LogP contribution >= 0.6 is 0 Å². The fourth-order valence-electron chi connectivity index (χ4n) is 4.68. The van der Waals surface area contributed by atoms with Gasteiger partial charge >= 0.3 is 0 Å². The summed E-state index contributed by atoms with van der Waals surface area (Å²) in [4.78, 5) is 10.9. The molecule has 0 amide bonds. The van der Waals surface area contributed by atoms with Crippen molar-refractivity contribution in [1.29, 1.82) is 0 Å². The molecule has 2 aliphatic rings. The van der Waals surface area contributed by atoms with E-state index in [1.165, 1.54) is 19.3 Å². The Bertz CT molecular complexity index is 1080. The Morgan fingerprint density at radius 1 is 1.13 bits per heavy atom. The van der Waals surface area contributed by atoms with Crippen molar-refractivity contribution in [2.24, 2.45) is 5.16 Å². The summed E-state index contributed by atoms with van der Waals surface area (Å²) in [6, 6.07) is 12.0. The Labute approximate surface area is 175 Å². The Hall–Kier alpha value is -3.19. The van der Waals surface area contributed by atoms with Gasteiger partial charge in [-0.25, -0.2) is 9.97 Å². The minimum atomic E-state index is 0.0390. The van der Waals surface area contributed by atoms with Gasteiger partial charge in [-0.1, -0.05) is 35.8 Å². The van der Waals surface area contributed by atoms with Gasteiger partial charge in [0.2, 0.25) is 5.95 Å². The van der Waals surface area contributed by atoms with Crippen molar-refractivity contribution in [3.63, 3.8) is 0 Å². The number of fused-ring (bicyclic) bond motifs is 1. The summed E-state index contributed by atoms with van der Waals surface area (Å²) in [6.45, 7) is 2.97. The van der Waals surface area contributed by atoms with Gasteiger partial charge in [0.15, 0.2) is 5.76 Å².